The molecular formula is C13H20N2O2. The van der Waals surface area contributed by atoms with E-state index in [0.29, 0.717) is 5.69 Å². The van der Waals surface area contributed by atoms with Crippen LogP contribution in [0.1, 0.15) is 38.1 Å². The number of hydrogen-bond acceptors (Lipinski definition) is 3. The summed E-state index contributed by atoms with van der Waals surface area (Å²) in [6.07, 6.45) is 0. The van der Waals surface area contributed by atoms with Gasteiger partial charge in [0.2, 0.25) is 0 Å². The Labute approximate surface area is 102 Å². The highest BCUT2D eigenvalue weighted by Gasteiger charge is 2.20. The molecule has 1 aromatic carbocycles. The number of anilines is 2. The summed E-state index contributed by atoms with van der Waals surface area (Å²) in [4.78, 5) is 10.8. The van der Waals surface area contributed by atoms with Crippen molar-refractivity contribution in [2.24, 2.45) is 5.41 Å². The van der Waals surface area contributed by atoms with E-state index in [2.05, 4.69) is 33.0 Å². The molecule has 0 radical (unpaired) electrons. The first-order chi connectivity index (χ1) is 7.71. The van der Waals surface area contributed by atoms with Crippen LogP contribution in [0.4, 0.5) is 11.4 Å². The molecule has 0 amide bonds. The van der Waals surface area contributed by atoms with Gasteiger partial charge in [0.05, 0.1) is 16.9 Å². The van der Waals surface area contributed by atoms with Crippen LogP contribution in [0.25, 0.3) is 0 Å². The predicted molar refractivity (Wildman–Crippen MR) is 70.4 cm³/mol. The minimum Gasteiger partial charge on any atom is -0.478 e. The molecule has 0 heterocycles. The van der Waals surface area contributed by atoms with E-state index in [1.54, 1.807) is 12.1 Å². The van der Waals surface area contributed by atoms with E-state index in [4.69, 9.17) is 10.8 Å². The van der Waals surface area contributed by atoms with E-state index in [1.165, 1.54) is 6.07 Å². The summed E-state index contributed by atoms with van der Waals surface area (Å²) < 4.78 is 0. The summed E-state index contributed by atoms with van der Waals surface area (Å²) >= 11 is 0. The lowest BCUT2D eigenvalue weighted by Crippen LogP contribution is -2.31. The highest BCUT2D eigenvalue weighted by molar-refractivity contribution is 5.90. The van der Waals surface area contributed by atoms with E-state index in [9.17, 15) is 4.79 Å². The van der Waals surface area contributed by atoms with Crippen molar-refractivity contribution in [3.8, 4) is 0 Å². The van der Waals surface area contributed by atoms with Gasteiger partial charge in [0, 0.05) is 6.04 Å². The summed E-state index contributed by atoms with van der Waals surface area (Å²) in [5.41, 5.74) is 7.37. The van der Waals surface area contributed by atoms with Crippen LogP contribution in [0, 0.1) is 5.41 Å². The minimum atomic E-state index is -0.966. The van der Waals surface area contributed by atoms with Gasteiger partial charge < -0.3 is 16.2 Å². The topological polar surface area (TPSA) is 75.3 Å². The third kappa shape index (κ3) is 3.37. The van der Waals surface area contributed by atoms with Gasteiger partial charge in [-0.25, -0.2) is 4.79 Å². The maximum Gasteiger partial charge on any atom is 0.335 e. The Kier molecular flexibility index (Phi) is 3.66. The SMILES string of the molecule is CC(Nc1ccc(C(=O)O)cc1N)C(C)(C)C. The third-order valence-corrected chi connectivity index (χ3v) is 2.97. The van der Waals surface area contributed by atoms with Gasteiger partial charge in [-0.15, -0.1) is 0 Å². The van der Waals surface area contributed by atoms with Crippen molar-refractivity contribution in [3.63, 3.8) is 0 Å². The predicted octanol–water partition coefficient (Wildman–Crippen LogP) is 2.81. The van der Waals surface area contributed by atoms with Crippen LogP contribution in [-0.2, 0) is 0 Å². The van der Waals surface area contributed by atoms with E-state index < -0.39 is 5.97 Å². The normalized spacial score (nSPS) is 13.2. The van der Waals surface area contributed by atoms with Gasteiger partial charge in [0.1, 0.15) is 0 Å². The minimum absolute atomic E-state index is 0.109. The van der Waals surface area contributed by atoms with Gasteiger partial charge in [-0.05, 0) is 30.5 Å². The molecule has 1 atom stereocenters. The molecule has 0 spiro atoms. The average Bonchev–Trinajstić information content (AvgIpc) is 2.19. The van der Waals surface area contributed by atoms with Gasteiger partial charge in [-0.2, -0.15) is 0 Å². The zero-order chi connectivity index (χ0) is 13.2. The monoisotopic (exact) mass is 236 g/mol. The van der Waals surface area contributed by atoms with Crippen molar-refractivity contribution >= 4 is 17.3 Å². The molecule has 1 rings (SSSR count). The molecule has 0 aliphatic rings. The standard InChI is InChI=1S/C13H20N2O2/c1-8(13(2,3)4)15-11-6-5-9(12(16)17)7-10(11)14/h5-8,15H,14H2,1-4H3,(H,16,17). The Hall–Kier alpha value is -1.71. The van der Waals surface area contributed by atoms with E-state index in [0.717, 1.165) is 5.69 Å². The molecule has 4 N–H and O–H groups in total. The molecule has 4 nitrogen and oxygen atoms in total. The molecule has 1 aromatic rings. The third-order valence-electron chi connectivity index (χ3n) is 2.97. The van der Waals surface area contributed by atoms with Crippen LogP contribution in [0.2, 0.25) is 0 Å². The summed E-state index contributed by atoms with van der Waals surface area (Å²) in [7, 11) is 0. The van der Waals surface area contributed by atoms with Crippen LogP contribution >= 0.6 is 0 Å². The zero-order valence-electron chi connectivity index (χ0n) is 10.7. The summed E-state index contributed by atoms with van der Waals surface area (Å²) in [6.45, 7) is 8.47. The maximum absolute atomic E-state index is 10.8. The van der Waals surface area contributed by atoms with Crippen LogP contribution < -0.4 is 11.1 Å². The number of nitrogens with two attached hydrogens (primary N) is 1. The van der Waals surface area contributed by atoms with Gasteiger partial charge >= 0.3 is 5.97 Å². The van der Waals surface area contributed by atoms with E-state index in [1.807, 2.05) is 0 Å². The van der Waals surface area contributed by atoms with Crippen LogP contribution in [-0.4, -0.2) is 17.1 Å². The number of carboxylic acid groups (broad SMARTS) is 1. The lowest BCUT2D eigenvalue weighted by molar-refractivity contribution is 0.0697. The second-order valence-corrected chi connectivity index (χ2v) is 5.34. The quantitative estimate of drug-likeness (QED) is 0.705. The molecule has 0 saturated heterocycles. The first kappa shape index (κ1) is 13.4. The first-order valence-electron chi connectivity index (χ1n) is 5.61. The summed E-state index contributed by atoms with van der Waals surface area (Å²) in [5, 5.41) is 12.1. The molecule has 0 aliphatic carbocycles. The van der Waals surface area contributed by atoms with Crippen molar-refractivity contribution in [2.75, 3.05) is 11.1 Å². The van der Waals surface area contributed by atoms with Crippen LogP contribution in [0.15, 0.2) is 18.2 Å². The number of benzene rings is 1. The van der Waals surface area contributed by atoms with Gasteiger partial charge in [0.15, 0.2) is 0 Å². The number of carboxylic acids is 1. The van der Waals surface area contributed by atoms with Crippen LogP contribution in [0.5, 0.6) is 0 Å². The number of hydrogen-bond donors (Lipinski definition) is 3. The lowest BCUT2D eigenvalue weighted by atomic mass is 9.88. The van der Waals surface area contributed by atoms with E-state index >= 15 is 0 Å². The van der Waals surface area contributed by atoms with Gasteiger partial charge in [0.25, 0.3) is 0 Å². The maximum atomic E-state index is 10.8. The van der Waals surface area contributed by atoms with Gasteiger partial charge in [-0.3, -0.25) is 0 Å². The average molecular weight is 236 g/mol. The zero-order valence-corrected chi connectivity index (χ0v) is 10.7. The number of rotatable bonds is 3. The number of carbonyl (C=O) groups is 1. The fraction of sp³-hybridized carbons (Fsp3) is 0.462. The van der Waals surface area contributed by atoms with Crippen molar-refractivity contribution in [2.45, 2.75) is 33.7 Å². The first-order valence-corrected chi connectivity index (χ1v) is 5.61. The Morgan fingerprint density at radius 2 is 2.00 bits per heavy atom. The van der Waals surface area contributed by atoms with Crippen molar-refractivity contribution in [3.05, 3.63) is 23.8 Å². The number of aromatic carboxylic acids is 1. The molecule has 94 valence electrons. The Morgan fingerprint density at radius 1 is 1.41 bits per heavy atom. The number of nitrogen functional groups attached to an aromatic ring is 1. The highest BCUT2D eigenvalue weighted by Crippen LogP contribution is 2.26. The Morgan fingerprint density at radius 3 is 2.41 bits per heavy atom. The summed E-state index contributed by atoms with van der Waals surface area (Å²) in [5.74, 6) is -0.966. The molecule has 0 fully saturated rings. The fourth-order valence-electron chi connectivity index (χ4n) is 1.28. The molecule has 4 heteroatoms. The van der Waals surface area contributed by atoms with Gasteiger partial charge in [-0.1, -0.05) is 20.8 Å². The second-order valence-electron chi connectivity index (χ2n) is 5.34. The molecular weight excluding hydrogens is 216 g/mol. The molecule has 0 bridgehead atoms. The molecule has 17 heavy (non-hydrogen) atoms. The number of nitrogens with one attached hydrogen (secondary N) is 1. The van der Waals surface area contributed by atoms with Crippen molar-refractivity contribution < 1.29 is 9.90 Å². The van der Waals surface area contributed by atoms with Crippen LogP contribution in [0.3, 0.4) is 0 Å². The molecule has 0 aromatic heterocycles. The fourth-order valence-corrected chi connectivity index (χ4v) is 1.28. The smallest absolute Gasteiger partial charge is 0.335 e. The molecule has 0 aliphatic heterocycles. The Balaban J connectivity index is 2.90. The van der Waals surface area contributed by atoms with Crippen molar-refractivity contribution in [1.29, 1.82) is 0 Å². The largest absolute Gasteiger partial charge is 0.478 e. The van der Waals surface area contributed by atoms with E-state index in [-0.39, 0.29) is 17.0 Å². The molecule has 1 unspecified atom stereocenters. The highest BCUT2D eigenvalue weighted by atomic mass is 16.4. The van der Waals surface area contributed by atoms with Crippen molar-refractivity contribution in [1.82, 2.24) is 0 Å². The molecule has 0 saturated carbocycles. The Bertz CT molecular complexity index is 422. The summed E-state index contributed by atoms with van der Waals surface area (Å²) in [6, 6.07) is 4.97. The second kappa shape index (κ2) is 4.65. The lowest BCUT2D eigenvalue weighted by Gasteiger charge is -2.29.